The van der Waals surface area contributed by atoms with Crippen LogP contribution in [-0.4, -0.2) is 78.5 Å². The van der Waals surface area contributed by atoms with Gasteiger partial charge in [-0.1, -0.05) is 34.6 Å². The van der Waals surface area contributed by atoms with Crippen molar-refractivity contribution in [3.8, 4) is 0 Å². The standard InChI is InChI=1S/C39H70O7/c1-20-10-29(14-27-12-21(2)37(44)33(23(27)4)16-25-6-8-31(40)18-35(25)42)39(46)30(11-20)15-28-13-22(3)38(45)34(24(28)5)17-26-7-9-32(41)19-36(26)43/h20-46H,6-19H2,1-5H3. The molecule has 0 amide bonds. The molecule has 0 aromatic rings. The van der Waals surface area contributed by atoms with Gasteiger partial charge in [-0.25, -0.2) is 0 Å². The fourth-order valence-corrected chi connectivity index (χ4v) is 11.8. The first-order valence-electron chi connectivity index (χ1n) is 19.5. The third-order valence-corrected chi connectivity index (χ3v) is 14.8. The third kappa shape index (κ3) is 8.36. The molecule has 0 bridgehead atoms. The van der Waals surface area contributed by atoms with Gasteiger partial charge in [0.05, 0.1) is 42.7 Å². The molecule has 0 spiro atoms. The first kappa shape index (κ1) is 37.0. The van der Waals surface area contributed by atoms with Crippen LogP contribution in [0.1, 0.15) is 125 Å². The number of hydrogen-bond acceptors (Lipinski definition) is 7. The molecule has 46 heavy (non-hydrogen) atoms. The SMILES string of the molecule is CC1CC(CC2CC(C)C(O)C(CC3CCC(O)CC3O)C2C)C(O)C(CC2CC(C)C(O)C(CC3CCC(O)CC3O)C2C)C1. The van der Waals surface area contributed by atoms with Crippen molar-refractivity contribution >= 4 is 0 Å². The predicted molar refractivity (Wildman–Crippen MR) is 180 cm³/mol. The lowest BCUT2D eigenvalue weighted by Crippen LogP contribution is -2.47. The topological polar surface area (TPSA) is 142 Å². The van der Waals surface area contributed by atoms with Gasteiger partial charge in [-0.2, -0.15) is 0 Å². The lowest BCUT2D eigenvalue weighted by molar-refractivity contribution is -0.0874. The van der Waals surface area contributed by atoms with E-state index in [1.807, 2.05) is 0 Å². The van der Waals surface area contributed by atoms with E-state index in [-0.39, 0.29) is 65.7 Å². The van der Waals surface area contributed by atoms with E-state index in [1.165, 1.54) is 0 Å². The summed E-state index contributed by atoms with van der Waals surface area (Å²) in [6.45, 7) is 11.3. The Labute approximate surface area is 279 Å². The van der Waals surface area contributed by atoms with Crippen molar-refractivity contribution < 1.29 is 35.7 Å². The van der Waals surface area contributed by atoms with Gasteiger partial charge in [-0.15, -0.1) is 0 Å². The molecule has 7 heteroatoms. The Kier molecular flexibility index (Phi) is 12.6. The largest absolute Gasteiger partial charge is 0.393 e. The van der Waals surface area contributed by atoms with E-state index in [4.69, 9.17) is 0 Å². The molecule has 0 saturated heterocycles. The van der Waals surface area contributed by atoms with Crippen LogP contribution in [0.4, 0.5) is 0 Å². The van der Waals surface area contributed by atoms with Crippen LogP contribution in [0.15, 0.2) is 0 Å². The molecule has 5 fully saturated rings. The van der Waals surface area contributed by atoms with E-state index >= 15 is 0 Å². The Morgan fingerprint density at radius 2 is 0.783 bits per heavy atom. The summed E-state index contributed by atoms with van der Waals surface area (Å²) in [5, 5.41) is 76.1. The smallest absolute Gasteiger partial charge is 0.0596 e. The molecule has 0 aliphatic heterocycles. The van der Waals surface area contributed by atoms with Gasteiger partial charge in [0.25, 0.3) is 0 Å². The number of aliphatic hydroxyl groups is 7. The van der Waals surface area contributed by atoms with Crippen molar-refractivity contribution in [1.29, 1.82) is 0 Å². The minimum atomic E-state index is -0.494. The summed E-state index contributed by atoms with van der Waals surface area (Å²) in [5.74, 6) is 3.53. The Balaban J connectivity index is 1.22. The van der Waals surface area contributed by atoms with Crippen molar-refractivity contribution in [2.24, 2.45) is 76.9 Å². The fourth-order valence-electron chi connectivity index (χ4n) is 11.8. The Hall–Kier alpha value is -0.280. The van der Waals surface area contributed by atoms with Gasteiger partial charge in [0.15, 0.2) is 0 Å². The molecule has 18 unspecified atom stereocenters. The van der Waals surface area contributed by atoms with E-state index in [9.17, 15) is 35.7 Å². The summed E-state index contributed by atoms with van der Waals surface area (Å²) in [4.78, 5) is 0. The Morgan fingerprint density at radius 3 is 1.15 bits per heavy atom. The van der Waals surface area contributed by atoms with E-state index < -0.39 is 24.4 Å². The van der Waals surface area contributed by atoms with Gasteiger partial charge in [0, 0.05) is 0 Å². The van der Waals surface area contributed by atoms with Gasteiger partial charge in [-0.05, 0) is 167 Å². The highest BCUT2D eigenvalue weighted by atomic mass is 16.3. The zero-order valence-corrected chi connectivity index (χ0v) is 29.6. The zero-order chi connectivity index (χ0) is 33.4. The number of hydrogen-bond donors (Lipinski definition) is 7. The minimum Gasteiger partial charge on any atom is -0.393 e. The summed E-state index contributed by atoms with van der Waals surface area (Å²) >= 11 is 0. The van der Waals surface area contributed by atoms with Crippen LogP contribution in [0.25, 0.3) is 0 Å². The maximum Gasteiger partial charge on any atom is 0.0596 e. The monoisotopic (exact) mass is 651 g/mol. The molecular formula is C39H70O7. The van der Waals surface area contributed by atoms with Gasteiger partial charge in [-0.3, -0.25) is 0 Å². The fraction of sp³-hybridized carbons (Fsp3) is 1.00. The Morgan fingerprint density at radius 1 is 0.391 bits per heavy atom. The van der Waals surface area contributed by atoms with E-state index in [0.717, 1.165) is 77.0 Å². The first-order valence-corrected chi connectivity index (χ1v) is 19.5. The van der Waals surface area contributed by atoms with Crippen LogP contribution in [0.3, 0.4) is 0 Å². The lowest BCUT2D eigenvalue weighted by atomic mass is 9.58. The molecule has 268 valence electrons. The van der Waals surface area contributed by atoms with Crippen LogP contribution in [0, 0.1) is 76.9 Å². The summed E-state index contributed by atoms with van der Waals surface area (Å²) in [6, 6.07) is 0. The molecule has 18 atom stereocenters. The molecule has 7 N–H and O–H groups in total. The van der Waals surface area contributed by atoms with Gasteiger partial charge >= 0.3 is 0 Å². The molecule has 5 rings (SSSR count). The minimum absolute atomic E-state index is 0.135. The van der Waals surface area contributed by atoms with Crippen LogP contribution < -0.4 is 0 Å². The average Bonchev–Trinajstić information content (AvgIpc) is 2.99. The maximum atomic E-state index is 12.0. The zero-order valence-electron chi connectivity index (χ0n) is 29.6. The normalized spacial score (nSPS) is 54.0. The quantitative estimate of drug-likeness (QED) is 0.193. The Bertz CT molecular complexity index is 875. The summed E-state index contributed by atoms with van der Waals surface area (Å²) in [5.41, 5.74) is 0. The van der Waals surface area contributed by atoms with E-state index in [1.54, 1.807) is 0 Å². The average molecular weight is 651 g/mol. The number of aliphatic hydroxyl groups excluding tert-OH is 7. The molecule has 0 aromatic heterocycles. The molecule has 0 heterocycles. The molecule has 7 nitrogen and oxygen atoms in total. The van der Waals surface area contributed by atoms with Gasteiger partial charge in [0.1, 0.15) is 0 Å². The molecule has 0 radical (unpaired) electrons. The summed E-state index contributed by atoms with van der Waals surface area (Å²) < 4.78 is 0. The van der Waals surface area contributed by atoms with E-state index in [2.05, 4.69) is 34.6 Å². The van der Waals surface area contributed by atoms with Crippen molar-refractivity contribution in [3.63, 3.8) is 0 Å². The van der Waals surface area contributed by atoms with Crippen molar-refractivity contribution in [2.45, 2.75) is 167 Å². The maximum absolute atomic E-state index is 12.0. The highest BCUT2D eigenvalue weighted by Gasteiger charge is 2.47. The summed E-state index contributed by atoms with van der Waals surface area (Å²) in [7, 11) is 0. The molecule has 5 saturated carbocycles. The summed E-state index contributed by atoms with van der Waals surface area (Å²) in [6.07, 6.45) is 8.77. The van der Waals surface area contributed by atoms with Crippen LogP contribution in [-0.2, 0) is 0 Å². The molecule has 5 aliphatic rings. The van der Waals surface area contributed by atoms with Crippen LogP contribution >= 0.6 is 0 Å². The number of rotatable bonds is 8. The first-order chi connectivity index (χ1) is 21.7. The third-order valence-electron chi connectivity index (χ3n) is 14.8. The van der Waals surface area contributed by atoms with Crippen molar-refractivity contribution in [1.82, 2.24) is 0 Å². The lowest BCUT2D eigenvalue weighted by Gasteiger charge is -2.49. The van der Waals surface area contributed by atoms with E-state index in [0.29, 0.717) is 42.4 Å². The van der Waals surface area contributed by atoms with Gasteiger partial charge < -0.3 is 35.7 Å². The molecule has 0 aromatic carbocycles. The highest BCUT2D eigenvalue weighted by Crippen LogP contribution is 2.51. The van der Waals surface area contributed by atoms with Crippen LogP contribution in [0.5, 0.6) is 0 Å². The van der Waals surface area contributed by atoms with Crippen LogP contribution in [0.2, 0.25) is 0 Å². The van der Waals surface area contributed by atoms with Crippen molar-refractivity contribution in [3.05, 3.63) is 0 Å². The predicted octanol–water partition coefficient (Wildman–Crippen LogP) is 5.15. The highest BCUT2D eigenvalue weighted by molar-refractivity contribution is 4.97. The van der Waals surface area contributed by atoms with Crippen molar-refractivity contribution in [2.75, 3.05) is 0 Å². The second kappa shape index (κ2) is 15.7. The second-order valence-corrected chi connectivity index (χ2v) is 18.1. The molecular weight excluding hydrogens is 580 g/mol. The molecule has 5 aliphatic carbocycles. The van der Waals surface area contributed by atoms with Gasteiger partial charge in [0.2, 0.25) is 0 Å². The second-order valence-electron chi connectivity index (χ2n) is 18.1.